The van der Waals surface area contributed by atoms with E-state index >= 15 is 0 Å². The number of hydrogen-bond acceptors (Lipinski definition) is 1. The van der Waals surface area contributed by atoms with E-state index in [4.69, 9.17) is 0 Å². The minimum Gasteiger partial charge on any atom is -0.310 e. The summed E-state index contributed by atoms with van der Waals surface area (Å²) < 4.78 is 0. The molecule has 112 valence electrons. The minimum absolute atomic E-state index is 0.465. The van der Waals surface area contributed by atoms with Crippen molar-refractivity contribution in [1.29, 1.82) is 0 Å². The molecule has 1 aliphatic rings. The molecule has 1 unspecified atom stereocenters. The summed E-state index contributed by atoms with van der Waals surface area (Å²) in [5.41, 5.74) is 3.44. The van der Waals surface area contributed by atoms with Crippen molar-refractivity contribution in [2.45, 2.75) is 71.8 Å². The van der Waals surface area contributed by atoms with E-state index in [1.807, 2.05) is 0 Å². The summed E-state index contributed by atoms with van der Waals surface area (Å²) in [5.74, 6) is 0. The Hall–Kier alpha value is -0.820. The van der Waals surface area contributed by atoms with Gasteiger partial charge in [0, 0.05) is 12.6 Å². The van der Waals surface area contributed by atoms with Crippen LogP contribution in [0.2, 0.25) is 0 Å². The van der Waals surface area contributed by atoms with Crippen LogP contribution in [0.5, 0.6) is 0 Å². The van der Waals surface area contributed by atoms with Gasteiger partial charge in [0.1, 0.15) is 0 Å². The van der Waals surface area contributed by atoms with Crippen molar-refractivity contribution in [2.24, 2.45) is 5.41 Å². The highest BCUT2D eigenvalue weighted by atomic mass is 14.9. The predicted molar refractivity (Wildman–Crippen MR) is 88.0 cm³/mol. The quantitative estimate of drug-likeness (QED) is 0.714. The lowest BCUT2D eigenvalue weighted by atomic mass is 9.88. The standard InChI is InChI=1S/C19H31N/c1-4-5-8-17-9-11-18(12-10-17)16(2)20-15-19(3)13-6-7-14-19/h9-12,16,20H,4-8,13-15H2,1-3H3. The van der Waals surface area contributed by atoms with Gasteiger partial charge in [0.25, 0.3) is 0 Å². The van der Waals surface area contributed by atoms with E-state index in [9.17, 15) is 0 Å². The van der Waals surface area contributed by atoms with Crippen LogP contribution < -0.4 is 5.32 Å². The average molecular weight is 273 g/mol. The Morgan fingerprint density at radius 2 is 1.80 bits per heavy atom. The van der Waals surface area contributed by atoms with Gasteiger partial charge in [-0.05, 0) is 49.1 Å². The SMILES string of the molecule is CCCCc1ccc(C(C)NCC2(C)CCCC2)cc1. The van der Waals surface area contributed by atoms with Gasteiger partial charge in [0.05, 0.1) is 0 Å². The zero-order chi connectivity index (χ0) is 14.4. The van der Waals surface area contributed by atoms with Crippen LogP contribution in [-0.2, 0) is 6.42 Å². The molecule has 2 rings (SSSR count). The highest BCUT2D eigenvalue weighted by Crippen LogP contribution is 2.37. The third-order valence-electron chi connectivity index (χ3n) is 4.94. The maximum atomic E-state index is 3.74. The molecule has 0 saturated heterocycles. The van der Waals surface area contributed by atoms with Crippen molar-refractivity contribution in [1.82, 2.24) is 5.32 Å². The molecule has 0 heterocycles. The van der Waals surface area contributed by atoms with E-state index < -0.39 is 0 Å². The summed E-state index contributed by atoms with van der Waals surface area (Å²) in [4.78, 5) is 0. The van der Waals surface area contributed by atoms with Crippen LogP contribution in [0.1, 0.15) is 76.5 Å². The Morgan fingerprint density at radius 1 is 1.15 bits per heavy atom. The lowest BCUT2D eigenvalue weighted by Crippen LogP contribution is -2.31. The normalized spacial score (nSPS) is 19.1. The second-order valence-electron chi connectivity index (χ2n) is 6.97. The third kappa shape index (κ3) is 4.34. The molecule has 1 aliphatic carbocycles. The minimum atomic E-state index is 0.465. The molecule has 1 heteroatoms. The number of hydrogen-bond donors (Lipinski definition) is 1. The van der Waals surface area contributed by atoms with Gasteiger partial charge in [-0.25, -0.2) is 0 Å². The monoisotopic (exact) mass is 273 g/mol. The van der Waals surface area contributed by atoms with Crippen LogP contribution in [0.15, 0.2) is 24.3 Å². The average Bonchev–Trinajstić information content (AvgIpc) is 2.90. The van der Waals surface area contributed by atoms with Crippen LogP contribution in [0.25, 0.3) is 0 Å². The third-order valence-corrected chi connectivity index (χ3v) is 4.94. The van der Waals surface area contributed by atoms with Gasteiger partial charge < -0.3 is 5.32 Å². The van der Waals surface area contributed by atoms with Crippen molar-refractivity contribution in [3.05, 3.63) is 35.4 Å². The first-order valence-corrected chi connectivity index (χ1v) is 8.45. The summed E-state index contributed by atoms with van der Waals surface area (Å²) >= 11 is 0. The van der Waals surface area contributed by atoms with E-state index in [0.29, 0.717) is 11.5 Å². The predicted octanol–water partition coefficient (Wildman–Crippen LogP) is 5.26. The summed E-state index contributed by atoms with van der Waals surface area (Å²) in [6.07, 6.45) is 9.41. The molecule has 0 radical (unpaired) electrons. The van der Waals surface area contributed by atoms with Crippen molar-refractivity contribution >= 4 is 0 Å². The smallest absolute Gasteiger partial charge is 0.0292 e. The van der Waals surface area contributed by atoms with Gasteiger partial charge in [-0.2, -0.15) is 0 Å². The van der Waals surface area contributed by atoms with Gasteiger partial charge in [-0.15, -0.1) is 0 Å². The second-order valence-corrected chi connectivity index (χ2v) is 6.97. The van der Waals surface area contributed by atoms with Crippen LogP contribution in [0.3, 0.4) is 0 Å². The van der Waals surface area contributed by atoms with Gasteiger partial charge in [0.15, 0.2) is 0 Å². The van der Waals surface area contributed by atoms with Gasteiger partial charge in [0.2, 0.25) is 0 Å². The molecule has 0 aromatic heterocycles. The molecule has 0 aliphatic heterocycles. The fourth-order valence-corrected chi connectivity index (χ4v) is 3.28. The van der Waals surface area contributed by atoms with E-state index in [0.717, 1.165) is 6.54 Å². The number of unbranched alkanes of at least 4 members (excludes halogenated alkanes) is 1. The van der Waals surface area contributed by atoms with Crippen molar-refractivity contribution in [2.75, 3.05) is 6.54 Å². The van der Waals surface area contributed by atoms with E-state index in [-0.39, 0.29) is 0 Å². The molecule has 1 aromatic carbocycles. The van der Waals surface area contributed by atoms with E-state index in [1.54, 1.807) is 0 Å². The van der Waals surface area contributed by atoms with Crippen LogP contribution in [0.4, 0.5) is 0 Å². The highest BCUT2D eigenvalue weighted by Gasteiger charge is 2.28. The first-order valence-electron chi connectivity index (χ1n) is 8.45. The molecule has 1 fully saturated rings. The van der Waals surface area contributed by atoms with Crippen LogP contribution in [0, 0.1) is 5.41 Å². The number of rotatable bonds is 7. The first kappa shape index (κ1) is 15.6. The van der Waals surface area contributed by atoms with Gasteiger partial charge in [-0.1, -0.05) is 57.4 Å². The topological polar surface area (TPSA) is 12.0 Å². The number of aryl methyl sites for hydroxylation is 1. The van der Waals surface area contributed by atoms with Crippen molar-refractivity contribution in [3.8, 4) is 0 Å². The Morgan fingerprint density at radius 3 is 2.40 bits per heavy atom. The van der Waals surface area contributed by atoms with E-state index in [1.165, 1.54) is 56.1 Å². The highest BCUT2D eigenvalue weighted by molar-refractivity contribution is 5.24. The molecule has 1 N–H and O–H groups in total. The molecular formula is C19H31N. The fraction of sp³-hybridized carbons (Fsp3) is 0.684. The van der Waals surface area contributed by atoms with E-state index in [2.05, 4.69) is 50.4 Å². The van der Waals surface area contributed by atoms with Crippen molar-refractivity contribution < 1.29 is 0 Å². The summed E-state index contributed by atoms with van der Waals surface area (Å²) in [5, 5.41) is 3.74. The molecule has 0 bridgehead atoms. The zero-order valence-electron chi connectivity index (χ0n) is 13.5. The zero-order valence-corrected chi connectivity index (χ0v) is 13.5. The number of benzene rings is 1. The maximum Gasteiger partial charge on any atom is 0.0292 e. The van der Waals surface area contributed by atoms with Crippen LogP contribution >= 0.6 is 0 Å². The molecule has 0 spiro atoms. The molecule has 0 amide bonds. The number of nitrogens with one attached hydrogen (secondary N) is 1. The van der Waals surface area contributed by atoms with Crippen LogP contribution in [-0.4, -0.2) is 6.54 Å². The molecule has 1 nitrogen and oxygen atoms in total. The fourth-order valence-electron chi connectivity index (χ4n) is 3.28. The Kier molecular flexibility index (Phi) is 5.65. The summed E-state index contributed by atoms with van der Waals surface area (Å²) in [6.45, 7) is 8.14. The lowest BCUT2D eigenvalue weighted by molar-refractivity contribution is 0.302. The largest absolute Gasteiger partial charge is 0.310 e. The van der Waals surface area contributed by atoms with Crippen molar-refractivity contribution in [3.63, 3.8) is 0 Å². The summed E-state index contributed by atoms with van der Waals surface area (Å²) in [6, 6.07) is 9.69. The molecular weight excluding hydrogens is 242 g/mol. The Balaban J connectivity index is 1.84. The second kappa shape index (κ2) is 7.26. The first-order chi connectivity index (χ1) is 9.63. The molecule has 20 heavy (non-hydrogen) atoms. The lowest BCUT2D eigenvalue weighted by Gasteiger charge is -2.26. The maximum absolute atomic E-state index is 3.74. The van der Waals surface area contributed by atoms with Gasteiger partial charge in [-0.3, -0.25) is 0 Å². The molecule has 1 aromatic rings. The van der Waals surface area contributed by atoms with Gasteiger partial charge >= 0.3 is 0 Å². The Bertz CT molecular complexity index is 387. The molecule has 1 saturated carbocycles. The molecule has 1 atom stereocenters. The summed E-state index contributed by atoms with van der Waals surface area (Å²) in [7, 11) is 0. The Labute approximate surface area is 125 Å².